The summed E-state index contributed by atoms with van der Waals surface area (Å²) in [5.74, 6) is 0.502. The normalized spacial score (nSPS) is 22.6. The number of nitrogens with zero attached hydrogens (tertiary/aromatic N) is 5. The second kappa shape index (κ2) is 8.47. The summed E-state index contributed by atoms with van der Waals surface area (Å²) in [5.41, 5.74) is -0.867. The van der Waals surface area contributed by atoms with E-state index in [4.69, 9.17) is 0 Å². The standard InChI is InChI=1S/C20H28F3N5O/c21-20(22,23)17-5-2-6-18(24-17)27-9-7-25(8-10-27)15-19(29)28-13-11-26(12-14-28)16-3-1-4-16/h2,5-6,16H,1,3-4,7-15H2. The first-order valence-corrected chi connectivity index (χ1v) is 10.4. The van der Waals surface area contributed by atoms with E-state index in [1.54, 1.807) is 6.07 Å². The van der Waals surface area contributed by atoms with Gasteiger partial charge in [0, 0.05) is 58.4 Å². The molecule has 2 aliphatic heterocycles. The molecule has 1 aromatic rings. The summed E-state index contributed by atoms with van der Waals surface area (Å²) >= 11 is 0. The van der Waals surface area contributed by atoms with Crippen molar-refractivity contribution in [3.05, 3.63) is 23.9 Å². The number of hydrogen-bond donors (Lipinski definition) is 0. The molecule has 3 heterocycles. The Kier molecular flexibility index (Phi) is 5.96. The highest BCUT2D eigenvalue weighted by Gasteiger charge is 2.33. The molecule has 0 N–H and O–H groups in total. The average Bonchev–Trinajstić information content (AvgIpc) is 2.67. The number of anilines is 1. The van der Waals surface area contributed by atoms with Crippen molar-refractivity contribution in [2.45, 2.75) is 31.5 Å². The molecule has 1 aliphatic carbocycles. The van der Waals surface area contributed by atoms with Gasteiger partial charge in [-0.05, 0) is 25.0 Å². The van der Waals surface area contributed by atoms with Gasteiger partial charge in [-0.1, -0.05) is 12.5 Å². The maximum absolute atomic E-state index is 12.9. The first-order chi connectivity index (χ1) is 13.9. The van der Waals surface area contributed by atoms with E-state index < -0.39 is 11.9 Å². The molecule has 0 atom stereocenters. The Labute approximate surface area is 169 Å². The van der Waals surface area contributed by atoms with Crippen LogP contribution in [0.3, 0.4) is 0 Å². The predicted molar refractivity (Wildman–Crippen MR) is 104 cm³/mol. The smallest absolute Gasteiger partial charge is 0.354 e. The molecule has 0 bridgehead atoms. The fraction of sp³-hybridized carbons (Fsp3) is 0.700. The second-order valence-electron chi connectivity index (χ2n) is 8.14. The number of pyridine rings is 1. The van der Waals surface area contributed by atoms with Gasteiger partial charge >= 0.3 is 6.18 Å². The summed E-state index contributed by atoms with van der Waals surface area (Å²) in [5, 5.41) is 0. The van der Waals surface area contributed by atoms with Crippen LogP contribution in [-0.4, -0.2) is 90.5 Å². The van der Waals surface area contributed by atoms with Crippen LogP contribution in [0.1, 0.15) is 25.0 Å². The molecule has 6 nitrogen and oxygen atoms in total. The average molecular weight is 411 g/mol. The highest BCUT2D eigenvalue weighted by Crippen LogP contribution is 2.29. The maximum atomic E-state index is 12.9. The monoisotopic (exact) mass is 411 g/mol. The van der Waals surface area contributed by atoms with Gasteiger partial charge in [0.15, 0.2) is 0 Å². The van der Waals surface area contributed by atoms with E-state index in [9.17, 15) is 18.0 Å². The summed E-state index contributed by atoms with van der Waals surface area (Å²) < 4.78 is 38.6. The molecule has 0 radical (unpaired) electrons. The van der Waals surface area contributed by atoms with Crippen LogP contribution in [0, 0.1) is 0 Å². The lowest BCUT2D eigenvalue weighted by molar-refractivity contribution is -0.141. The minimum absolute atomic E-state index is 0.156. The lowest BCUT2D eigenvalue weighted by Gasteiger charge is -2.43. The molecule has 3 aliphatic rings. The molecule has 0 unspecified atom stereocenters. The topological polar surface area (TPSA) is 42.9 Å². The molecule has 3 fully saturated rings. The molecule has 1 amide bonds. The van der Waals surface area contributed by atoms with Crippen molar-refractivity contribution < 1.29 is 18.0 Å². The largest absolute Gasteiger partial charge is 0.433 e. The number of hydrogen-bond acceptors (Lipinski definition) is 5. The van der Waals surface area contributed by atoms with Gasteiger partial charge in [0.05, 0.1) is 6.54 Å². The van der Waals surface area contributed by atoms with Crippen LogP contribution < -0.4 is 4.90 Å². The predicted octanol–water partition coefficient (Wildman–Crippen LogP) is 1.92. The third-order valence-corrected chi connectivity index (χ3v) is 6.34. The summed E-state index contributed by atoms with van der Waals surface area (Å²) in [6.45, 7) is 6.32. The molecule has 0 aromatic carbocycles. The second-order valence-corrected chi connectivity index (χ2v) is 8.14. The number of rotatable bonds is 4. The molecule has 0 spiro atoms. The highest BCUT2D eigenvalue weighted by molar-refractivity contribution is 5.78. The Hall–Kier alpha value is -1.87. The first kappa shape index (κ1) is 20.4. The molecular weight excluding hydrogens is 383 g/mol. The van der Waals surface area contributed by atoms with Crippen LogP contribution in [0.5, 0.6) is 0 Å². The van der Waals surface area contributed by atoms with Crippen LogP contribution in [0.15, 0.2) is 18.2 Å². The minimum atomic E-state index is -4.44. The molecule has 2 saturated heterocycles. The number of carbonyl (C=O) groups is 1. The lowest BCUT2D eigenvalue weighted by Crippen LogP contribution is -2.56. The Bertz CT molecular complexity index is 708. The quantitative estimate of drug-likeness (QED) is 0.758. The Balaban J connectivity index is 1.23. The van der Waals surface area contributed by atoms with Crippen molar-refractivity contribution in [3.8, 4) is 0 Å². The van der Waals surface area contributed by atoms with Crippen LogP contribution in [0.4, 0.5) is 19.0 Å². The highest BCUT2D eigenvalue weighted by atomic mass is 19.4. The zero-order valence-corrected chi connectivity index (χ0v) is 16.6. The van der Waals surface area contributed by atoms with E-state index in [1.165, 1.54) is 25.3 Å². The van der Waals surface area contributed by atoms with E-state index in [0.717, 1.165) is 38.3 Å². The Morgan fingerprint density at radius 3 is 2.28 bits per heavy atom. The summed E-state index contributed by atoms with van der Waals surface area (Å²) in [6, 6.07) is 4.72. The lowest BCUT2D eigenvalue weighted by atomic mass is 9.91. The zero-order valence-electron chi connectivity index (χ0n) is 16.6. The number of carbonyl (C=O) groups excluding carboxylic acids is 1. The van der Waals surface area contributed by atoms with Crippen molar-refractivity contribution in [1.82, 2.24) is 19.7 Å². The van der Waals surface area contributed by atoms with E-state index >= 15 is 0 Å². The van der Waals surface area contributed by atoms with Crippen molar-refractivity contribution in [2.75, 3.05) is 63.8 Å². The zero-order chi connectivity index (χ0) is 20.4. The molecule has 1 aromatic heterocycles. The van der Waals surface area contributed by atoms with Gasteiger partial charge in [-0.15, -0.1) is 0 Å². The van der Waals surface area contributed by atoms with Gasteiger partial charge in [-0.3, -0.25) is 14.6 Å². The van der Waals surface area contributed by atoms with Crippen molar-refractivity contribution in [3.63, 3.8) is 0 Å². The van der Waals surface area contributed by atoms with Gasteiger partial charge in [0.2, 0.25) is 5.91 Å². The maximum Gasteiger partial charge on any atom is 0.433 e. The van der Waals surface area contributed by atoms with E-state index in [-0.39, 0.29) is 5.91 Å². The molecular formula is C20H28F3N5O. The minimum Gasteiger partial charge on any atom is -0.354 e. The van der Waals surface area contributed by atoms with E-state index in [1.807, 2.05) is 9.80 Å². The number of halogens is 3. The third kappa shape index (κ3) is 4.83. The Morgan fingerprint density at radius 1 is 1.00 bits per heavy atom. The van der Waals surface area contributed by atoms with Gasteiger partial charge < -0.3 is 9.80 Å². The molecule has 9 heteroatoms. The van der Waals surface area contributed by atoms with Crippen LogP contribution in [-0.2, 0) is 11.0 Å². The van der Waals surface area contributed by atoms with Crippen LogP contribution in [0.25, 0.3) is 0 Å². The van der Waals surface area contributed by atoms with E-state index in [2.05, 4.69) is 14.8 Å². The fourth-order valence-corrected chi connectivity index (χ4v) is 4.27. The van der Waals surface area contributed by atoms with Crippen molar-refractivity contribution in [1.29, 1.82) is 0 Å². The Morgan fingerprint density at radius 2 is 1.69 bits per heavy atom. The first-order valence-electron chi connectivity index (χ1n) is 10.4. The summed E-state index contributed by atoms with van der Waals surface area (Å²) in [4.78, 5) is 24.8. The number of piperazine rings is 2. The molecule has 4 rings (SSSR count). The molecule has 1 saturated carbocycles. The third-order valence-electron chi connectivity index (χ3n) is 6.34. The van der Waals surface area contributed by atoms with Gasteiger partial charge in [-0.2, -0.15) is 13.2 Å². The number of aromatic nitrogens is 1. The number of alkyl halides is 3. The van der Waals surface area contributed by atoms with Gasteiger partial charge in [-0.25, -0.2) is 4.98 Å². The number of amides is 1. The summed E-state index contributed by atoms with van der Waals surface area (Å²) in [7, 11) is 0. The van der Waals surface area contributed by atoms with E-state index in [0.29, 0.717) is 38.5 Å². The van der Waals surface area contributed by atoms with Crippen LogP contribution >= 0.6 is 0 Å². The summed E-state index contributed by atoms with van der Waals surface area (Å²) in [6.07, 6.45) is -0.531. The molecule has 29 heavy (non-hydrogen) atoms. The van der Waals surface area contributed by atoms with Crippen molar-refractivity contribution in [2.24, 2.45) is 0 Å². The molecule has 160 valence electrons. The van der Waals surface area contributed by atoms with Crippen LogP contribution in [0.2, 0.25) is 0 Å². The van der Waals surface area contributed by atoms with Gasteiger partial charge in [0.25, 0.3) is 0 Å². The fourth-order valence-electron chi connectivity index (χ4n) is 4.27. The van der Waals surface area contributed by atoms with Crippen molar-refractivity contribution >= 4 is 11.7 Å². The SMILES string of the molecule is O=C(CN1CCN(c2cccc(C(F)(F)F)n2)CC1)N1CCN(C2CCC2)CC1. The van der Waals surface area contributed by atoms with Gasteiger partial charge in [0.1, 0.15) is 11.5 Å².